The van der Waals surface area contributed by atoms with E-state index >= 15 is 0 Å². The van der Waals surface area contributed by atoms with Crippen molar-refractivity contribution in [3.8, 4) is 5.75 Å². The van der Waals surface area contributed by atoms with E-state index in [1.807, 2.05) is 0 Å². The molecule has 0 radical (unpaired) electrons. The largest absolute Gasteiger partial charge is 0.495 e. The van der Waals surface area contributed by atoms with E-state index in [0.29, 0.717) is 33.6 Å². The lowest BCUT2D eigenvalue weighted by Gasteiger charge is -2.31. The normalized spacial score (nSPS) is 15.9. The fourth-order valence-corrected chi connectivity index (χ4v) is 5.35. The van der Waals surface area contributed by atoms with Gasteiger partial charge in [-0.2, -0.15) is 4.31 Å². The Kier molecular flexibility index (Phi) is 6.96. The van der Waals surface area contributed by atoms with Crippen LogP contribution in [0.3, 0.4) is 0 Å². The van der Waals surface area contributed by atoms with E-state index < -0.39 is 10.0 Å². The zero-order valence-corrected chi connectivity index (χ0v) is 18.6. The van der Waals surface area contributed by atoms with E-state index in [1.165, 1.54) is 23.5 Å². The zero-order valence-electron chi connectivity index (χ0n) is 15.5. The molecular weight excluding hydrogens is 459 g/mol. The van der Waals surface area contributed by atoms with Crippen molar-refractivity contribution in [1.82, 2.24) is 4.31 Å². The summed E-state index contributed by atoms with van der Waals surface area (Å²) < 4.78 is 32.6. The van der Waals surface area contributed by atoms with Crippen molar-refractivity contribution in [3.63, 3.8) is 0 Å². The van der Waals surface area contributed by atoms with Gasteiger partial charge in [0.15, 0.2) is 0 Å². The first kappa shape index (κ1) is 22.2. The van der Waals surface area contributed by atoms with Gasteiger partial charge in [-0.05, 0) is 49.2 Å². The maximum atomic E-state index is 13.0. The van der Waals surface area contributed by atoms with Crippen LogP contribution in [0.5, 0.6) is 5.75 Å². The highest BCUT2D eigenvalue weighted by Gasteiger charge is 2.34. The molecule has 2 aromatic rings. The molecule has 1 aliphatic rings. The zero-order chi connectivity index (χ0) is 21.2. The Bertz CT molecular complexity index is 1020. The Morgan fingerprint density at radius 3 is 2.38 bits per heavy atom. The number of nitrogens with zero attached hydrogens (tertiary/aromatic N) is 1. The molecule has 29 heavy (non-hydrogen) atoms. The summed E-state index contributed by atoms with van der Waals surface area (Å²) in [7, 11) is -2.38. The Hall–Kier alpha value is -1.51. The number of rotatable bonds is 5. The number of hydrogen-bond donors (Lipinski definition) is 1. The number of nitrogens with one attached hydrogen (secondary N) is 1. The molecule has 1 fully saturated rings. The van der Waals surface area contributed by atoms with Gasteiger partial charge in [-0.3, -0.25) is 4.79 Å². The van der Waals surface area contributed by atoms with E-state index in [4.69, 9.17) is 39.5 Å². The van der Waals surface area contributed by atoms with Gasteiger partial charge in [0.1, 0.15) is 10.6 Å². The molecule has 0 aromatic heterocycles. The van der Waals surface area contributed by atoms with Crippen molar-refractivity contribution in [1.29, 1.82) is 0 Å². The summed E-state index contributed by atoms with van der Waals surface area (Å²) in [5.74, 6) is -0.258. The number of ether oxygens (including phenoxy) is 1. The summed E-state index contributed by atoms with van der Waals surface area (Å²) >= 11 is 17.8. The third kappa shape index (κ3) is 4.98. The molecule has 0 spiro atoms. The molecule has 156 valence electrons. The van der Waals surface area contributed by atoms with E-state index in [-0.39, 0.29) is 35.6 Å². The van der Waals surface area contributed by atoms with Gasteiger partial charge in [-0.1, -0.05) is 34.8 Å². The molecule has 1 aliphatic heterocycles. The van der Waals surface area contributed by atoms with Crippen LogP contribution in [0.25, 0.3) is 0 Å². The molecule has 2 aromatic carbocycles. The van der Waals surface area contributed by atoms with E-state index in [9.17, 15) is 13.2 Å². The van der Waals surface area contributed by atoms with Gasteiger partial charge in [-0.25, -0.2) is 8.42 Å². The van der Waals surface area contributed by atoms with Crippen molar-refractivity contribution >= 4 is 56.4 Å². The average Bonchev–Trinajstić information content (AvgIpc) is 2.70. The Balaban J connectivity index is 1.67. The van der Waals surface area contributed by atoms with Gasteiger partial charge in [0.05, 0.1) is 17.2 Å². The van der Waals surface area contributed by atoms with Crippen molar-refractivity contribution in [2.24, 2.45) is 5.92 Å². The topological polar surface area (TPSA) is 75.7 Å². The number of carbonyl (C=O) groups is 1. The van der Waals surface area contributed by atoms with Crippen LogP contribution in [0.15, 0.2) is 41.3 Å². The summed E-state index contributed by atoms with van der Waals surface area (Å²) in [5.41, 5.74) is 0.545. The van der Waals surface area contributed by atoms with Gasteiger partial charge in [0.2, 0.25) is 15.9 Å². The Morgan fingerprint density at radius 1 is 1.07 bits per heavy atom. The van der Waals surface area contributed by atoms with Crippen LogP contribution in [0.1, 0.15) is 12.8 Å². The second kappa shape index (κ2) is 9.10. The number of amides is 1. The molecule has 0 atom stereocenters. The number of piperidine rings is 1. The molecule has 0 saturated carbocycles. The molecule has 0 unspecified atom stereocenters. The maximum Gasteiger partial charge on any atom is 0.246 e. The van der Waals surface area contributed by atoms with Gasteiger partial charge in [0.25, 0.3) is 0 Å². The second-order valence-electron chi connectivity index (χ2n) is 6.59. The standard InChI is InChI=1S/C19H19Cl3N2O4S/c1-28-17-5-2-13(20)10-18(17)29(26,27)24-8-6-12(7-9-24)19(25)23-14-3-4-15(21)16(22)11-14/h2-5,10-12H,6-9H2,1H3,(H,23,25). The SMILES string of the molecule is COc1ccc(Cl)cc1S(=O)(=O)N1CCC(C(=O)Nc2ccc(Cl)c(Cl)c2)CC1. The first-order valence-electron chi connectivity index (χ1n) is 8.82. The van der Waals surface area contributed by atoms with E-state index in [2.05, 4.69) is 5.32 Å². The number of halogens is 3. The van der Waals surface area contributed by atoms with Crippen LogP contribution in [0.4, 0.5) is 5.69 Å². The minimum absolute atomic E-state index is 0.0196. The fourth-order valence-electron chi connectivity index (χ4n) is 3.17. The average molecular weight is 478 g/mol. The predicted octanol–water partition coefficient (Wildman–Crippen LogP) is 4.69. The van der Waals surface area contributed by atoms with Crippen LogP contribution < -0.4 is 10.1 Å². The summed E-state index contributed by atoms with van der Waals surface area (Å²) in [6.45, 7) is 0.439. The highest BCUT2D eigenvalue weighted by molar-refractivity contribution is 7.89. The van der Waals surface area contributed by atoms with Crippen molar-refractivity contribution in [2.45, 2.75) is 17.7 Å². The lowest BCUT2D eigenvalue weighted by atomic mass is 9.97. The van der Waals surface area contributed by atoms with Crippen LogP contribution in [-0.4, -0.2) is 38.8 Å². The van der Waals surface area contributed by atoms with Gasteiger partial charge in [-0.15, -0.1) is 0 Å². The van der Waals surface area contributed by atoms with Crippen molar-refractivity contribution < 1.29 is 17.9 Å². The van der Waals surface area contributed by atoms with Crippen molar-refractivity contribution in [2.75, 3.05) is 25.5 Å². The molecule has 1 saturated heterocycles. The molecule has 3 rings (SSSR count). The minimum Gasteiger partial charge on any atom is -0.495 e. The number of sulfonamides is 1. The third-order valence-electron chi connectivity index (χ3n) is 4.76. The lowest BCUT2D eigenvalue weighted by Crippen LogP contribution is -2.41. The Morgan fingerprint density at radius 2 is 1.76 bits per heavy atom. The number of carbonyl (C=O) groups excluding carboxylic acids is 1. The molecule has 6 nitrogen and oxygen atoms in total. The maximum absolute atomic E-state index is 13.0. The van der Waals surface area contributed by atoms with Crippen LogP contribution >= 0.6 is 34.8 Å². The molecule has 0 aliphatic carbocycles. The third-order valence-corrected chi connectivity index (χ3v) is 7.65. The summed E-state index contributed by atoms with van der Waals surface area (Å²) in [6.07, 6.45) is 0.796. The summed E-state index contributed by atoms with van der Waals surface area (Å²) in [6, 6.07) is 9.31. The molecule has 10 heteroatoms. The highest BCUT2D eigenvalue weighted by atomic mass is 35.5. The first-order valence-corrected chi connectivity index (χ1v) is 11.4. The molecular formula is C19H19Cl3N2O4S. The first-order chi connectivity index (χ1) is 13.7. The predicted molar refractivity (Wildman–Crippen MR) is 115 cm³/mol. The smallest absolute Gasteiger partial charge is 0.246 e. The number of anilines is 1. The lowest BCUT2D eigenvalue weighted by molar-refractivity contribution is -0.120. The fraction of sp³-hybridized carbons (Fsp3) is 0.316. The molecule has 1 heterocycles. The Labute approximate surface area is 184 Å². The van der Waals surface area contributed by atoms with Crippen LogP contribution in [-0.2, 0) is 14.8 Å². The summed E-state index contributed by atoms with van der Waals surface area (Å²) in [4.78, 5) is 12.6. The molecule has 1 N–H and O–H groups in total. The number of benzene rings is 2. The highest BCUT2D eigenvalue weighted by Crippen LogP contribution is 2.32. The van der Waals surface area contributed by atoms with E-state index in [0.717, 1.165) is 0 Å². The van der Waals surface area contributed by atoms with Crippen LogP contribution in [0.2, 0.25) is 15.1 Å². The summed E-state index contributed by atoms with van der Waals surface area (Å²) in [5, 5.41) is 3.86. The number of hydrogen-bond acceptors (Lipinski definition) is 4. The quantitative estimate of drug-likeness (QED) is 0.677. The minimum atomic E-state index is -3.79. The van der Waals surface area contributed by atoms with E-state index in [1.54, 1.807) is 24.3 Å². The monoisotopic (exact) mass is 476 g/mol. The molecule has 0 bridgehead atoms. The molecule has 1 amide bonds. The van der Waals surface area contributed by atoms with Gasteiger partial charge in [0, 0.05) is 29.7 Å². The van der Waals surface area contributed by atoms with Gasteiger partial charge < -0.3 is 10.1 Å². The van der Waals surface area contributed by atoms with Gasteiger partial charge >= 0.3 is 0 Å². The number of methoxy groups -OCH3 is 1. The van der Waals surface area contributed by atoms with Crippen molar-refractivity contribution in [3.05, 3.63) is 51.5 Å². The van der Waals surface area contributed by atoms with Crippen LogP contribution in [0, 0.1) is 5.92 Å². The second-order valence-corrected chi connectivity index (χ2v) is 9.75.